The molecule has 1 aromatic heterocycles. The lowest BCUT2D eigenvalue weighted by atomic mass is 10.2. The predicted molar refractivity (Wildman–Crippen MR) is 105 cm³/mol. The van der Waals surface area contributed by atoms with Gasteiger partial charge in [0.15, 0.2) is 6.29 Å². The number of methoxy groups -OCH3 is 2. The van der Waals surface area contributed by atoms with Gasteiger partial charge in [-0.15, -0.1) is 0 Å². The SMILES string of the molecule is COC(CNC(=O)Cn1cc(S(=O)(=O)c2ccc(F)cc2)c2ccccc21)OC. The van der Waals surface area contributed by atoms with Crippen molar-refractivity contribution in [3.05, 3.63) is 60.5 Å². The summed E-state index contributed by atoms with van der Waals surface area (Å²) in [6.45, 7) is 0.0748. The molecule has 0 atom stereocenters. The lowest BCUT2D eigenvalue weighted by Gasteiger charge is -2.14. The summed E-state index contributed by atoms with van der Waals surface area (Å²) >= 11 is 0. The molecule has 154 valence electrons. The summed E-state index contributed by atoms with van der Waals surface area (Å²) in [7, 11) is -0.961. The van der Waals surface area contributed by atoms with Gasteiger partial charge in [-0.3, -0.25) is 4.79 Å². The highest BCUT2D eigenvalue weighted by molar-refractivity contribution is 7.91. The van der Waals surface area contributed by atoms with Gasteiger partial charge in [-0.2, -0.15) is 0 Å². The predicted octanol–water partition coefficient (Wildman–Crippen LogP) is 2.35. The van der Waals surface area contributed by atoms with Gasteiger partial charge < -0.3 is 19.4 Å². The van der Waals surface area contributed by atoms with E-state index in [-0.39, 0.29) is 28.8 Å². The Labute approximate surface area is 168 Å². The number of halogens is 1. The fourth-order valence-corrected chi connectivity index (χ4v) is 4.45. The van der Waals surface area contributed by atoms with Crippen LogP contribution in [0.25, 0.3) is 10.9 Å². The molecule has 3 aromatic rings. The van der Waals surface area contributed by atoms with Gasteiger partial charge in [0.1, 0.15) is 12.4 Å². The topological polar surface area (TPSA) is 86.6 Å². The highest BCUT2D eigenvalue weighted by Gasteiger charge is 2.24. The van der Waals surface area contributed by atoms with Crippen molar-refractivity contribution < 1.29 is 27.1 Å². The molecule has 1 heterocycles. The Morgan fingerprint density at radius 1 is 1.10 bits per heavy atom. The van der Waals surface area contributed by atoms with E-state index in [4.69, 9.17) is 9.47 Å². The zero-order valence-electron chi connectivity index (χ0n) is 16.0. The number of carbonyl (C=O) groups excluding carboxylic acids is 1. The zero-order valence-corrected chi connectivity index (χ0v) is 16.8. The number of sulfone groups is 1. The summed E-state index contributed by atoms with van der Waals surface area (Å²) < 4.78 is 51.0. The van der Waals surface area contributed by atoms with Crippen LogP contribution >= 0.6 is 0 Å². The summed E-state index contributed by atoms with van der Waals surface area (Å²) in [4.78, 5) is 12.4. The summed E-state index contributed by atoms with van der Waals surface area (Å²) in [5.74, 6) is -0.843. The van der Waals surface area contributed by atoms with Gasteiger partial charge in [-0.05, 0) is 30.3 Å². The molecular weight excluding hydrogens is 399 g/mol. The van der Waals surface area contributed by atoms with E-state index < -0.39 is 21.9 Å². The standard InChI is InChI=1S/C20H21FN2O5S/c1-27-20(28-2)11-22-19(24)13-23-12-18(16-5-3-4-6-17(16)23)29(25,26)15-9-7-14(21)8-10-15/h3-10,12,20H,11,13H2,1-2H3,(H,22,24). The van der Waals surface area contributed by atoms with Gasteiger partial charge in [0.2, 0.25) is 15.7 Å². The molecule has 9 heteroatoms. The van der Waals surface area contributed by atoms with Crippen molar-refractivity contribution in [1.82, 2.24) is 9.88 Å². The number of hydrogen-bond acceptors (Lipinski definition) is 5. The van der Waals surface area contributed by atoms with Gasteiger partial charge in [-0.1, -0.05) is 18.2 Å². The van der Waals surface area contributed by atoms with Gasteiger partial charge >= 0.3 is 0 Å². The summed E-state index contributed by atoms with van der Waals surface area (Å²) in [5.41, 5.74) is 0.596. The maximum absolute atomic E-state index is 13.2. The third-order valence-electron chi connectivity index (χ3n) is 4.47. The molecule has 2 aromatic carbocycles. The van der Waals surface area contributed by atoms with E-state index in [0.717, 1.165) is 12.1 Å². The molecule has 0 aliphatic heterocycles. The molecule has 0 aliphatic carbocycles. The van der Waals surface area contributed by atoms with Gasteiger partial charge in [0.25, 0.3) is 0 Å². The first-order valence-corrected chi connectivity index (χ1v) is 10.3. The number of carbonyl (C=O) groups is 1. The third-order valence-corrected chi connectivity index (χ3v) is 6.27. The first kappa shape index (κ1) is 21.0. The van der Waals surface area contributed by atoms with Crippen LogP contribution in [0.1, 0.15) is 0 Å². The Kier molecular flexibility index (Phi) is 6.31. The first-order valence-electron chi connectivity index (χ1n) is 8.77. The van der Waals surface area contributed by atoms with Crippen molar-refractivity contribution in [1.29, 1.82) is 0 Å². The Morgan fingerprint density at radius 3 is 2.41 bits per heavy atom. The minimum atomic E-state index is -3.89. The van der Waals surface area contributed by atoms with Crippen molar-refractivity contribution in [2.45, 2.75) is 22.6 Å². The number of nitrogens with one attached hydrogen (secondary N) is 1. The normalized spacial score (nSPS) is 11.9. The molecule has 1 amide bonds. The van der Waals surface area contributed by atoms with Crippen LogP contribution < -0.4 is 5.32 Å². The Balaban J connectivity index is 1.93. The highest BCUT2D eigenvalue weighted by atomic mass is 32.2. The number of hydrogen-bond donors (Lipinski definition) is 1. The van der Waals surface area contributed by atoms with E-state index in [1.54, 1.807) is 28.8 Å². The van der Waals surface area contributed by atoms with E-state index in [1.165, 1.54) is 32.5 Å². The summed E-state index contributed by atoms with van der Waals surface area (Å²) in [6.07, 6.45) is 0.849. The second-order valence-electron chi connectivity index (χ2n) is 6.30. The van der Waals surface area contributed by atoms with E-state index in [9.17, 15) is 17.6 Å². The largest absolute Gasteiger partial charge is 0.354 e. The molecule has 7 nitrogen and oxygen atoms in total. The lowest BCUT2D eigenvalue weighted by molar-refractivity contribution is -0.127. The second kappa shape index (κ2) is 8.73. The number of rotatable bonds is 8. The molecule has 3 rings (SSSR count). The van der Waals surface area contributed by atoms with Crippen molar-refractivity contribution >= 4 is 26.6 Å². The summed E-state index contributed by atoms with van der Waals surface area (Å²) in [6, 6.07) is 11.5. The molecule has 1 N–H and O–H groups in total. The molecule has 0 aliphatic rings. The van der Waals surface area contributed by atoms with E-state index >= 15 is 0 Å². The number of ether oxygens (including phenoxy) is 2. The lowest BCUT2D eigenvalue weighted by Crippen LogP contribution is -2.35. The summed E-state index contributed by atoms with van der Waals surface area (Å²) in [5, 5.41) is 3.17. The van der Waals surface area contributed by atoms with Crippen LogP contribution in [0.2, 0.25) is 0 Å². The van der Waals surface area contributed by atoms with E-state index in [0.29, 0.717) is 10.9 Å². The average molecular weight is 420 g/mol. The Bertz CT molecular complexity index is 1110. The minimum Gasteiger partial charge on any atom is -0.354 e. The zero-order chi connectivity index (χ0) is 21.0. The number of para-hydroxylation sites is 1. The minimum absolute atomic E-state index is 0.0192. The van der Waals surface area contributed by atoms with Crippen LogP contribution in [0.3, 0.4) is 0 Å². The van der Waals surface area contributed by atoms with Gasteiger partial charge in [0, 0.05) is 31.3 Å². The Morgan fingerprint density at radius 2 is 1.76 bits per heavy atom. The average Bonchev–Trinajstić information content (AvgIpc) is 3.08. The van der Waals surface area contributed by atoms with E-state index in [2.05, 4.69) is 5.32 Å². The first-order chi connectivity index (χ1) is 13.9. The van der Waals surface area contributed by atoms with Crippen molar-refractivity contribution in [3.8, 4) is 0 Å². The molecule has 0 fully saturated rings. The number of aromatic nitrogens is 1. The molecule has 0 saturated heterocycles. The van der Waals surface area contributed by atoms with Crippen molar-refractivity contribution in [3.63, 3.8) is 0 Å². The van der Waals surface area contributed by atoms with Crippen molar-refractivity contribution in [2.24, 2.45) is 0 Å². The monoisotopic (exact) mass is 420 g/mol. The molecular formula is C20H21FN2O5S. The van der Waals surface area contributed by atoms with Crippen LogP contribution in [0.15, 0.2) is 64.5 Å². The number of benzene rings is 2. The van der Waals surface area contributed by atoms with Crippen LogP contribution in [0.4, 0.5) is 4.39 Å². The maximum Gasteiger partial charge on any atom is 0.240 e. The number of amides is 1. The molecule has 0 spiro atoms. The molecule has 0 saturated carbocycles. The Hall–Kier alpha value is -2.75. The van der Waals surface area contributed by atoms with Gasteiger partial charge in [-0.25, -0.2) is 12.8 Å². The molecule has 0 radical (unpaired) electrons. The smallest absolute Gasteiger partial charge is 0.240 e. The third kappa shape index (κ3) is 4.47. The molecule has 0 bridgehead atoms. The van der Waals surface area contributed by atoms with Gasteiger partial charge in [0.05, 0.1) is 16.3 Å². The molecule has 0 unspecified atom stereocenters. The number of nitrogens with zero attached hydrogens (tertiary/aromatic N) is 1. The van der Waals surface area contributed by atoms with E-state index in [1.807, 2.05) is 0 Å². The second-order valence-corrected chi connectivity index (χ2v) is 8.22. The highest BCUT2D eigenvalue weighted by Crippen LogP contribution is 2.30. The van der Waals surface area contributed by atoms with Crippen LogP contribution in [-0.2, 0) is 30.7 Å². The fraction of sp³-hybridized carbons (Fsp3) is 0.250. The maximum atomic E-state index is 13.2. The van der Waals surface area contributed by atoms with Crippen LogP contribution in [-0.4, -0.2) is 45.9 Å². The quantitative estimate of drug-likeness (QED) is 0.447. The molecule has 29 heavy (non-hydrogen) atoms. The van der Waals surface area contributed by atoms with Crippen molar-refractivity contribution in [2.75, 3.05) is 20.8 Å². The van der Waals surface area contributed by atoms with Crippen LogP contribution in [0.5, 0.6) is 0 Å². The van der Waals surface area contributed by atoms with Crippen LogP contribution in [0, 0.1) is 5.82 Å². The number of fused-ring (bicyclic) bond motifs is 1. The fourth-order valence-electron chi connectivity index (χ4n) is 2.97.